The third-order valence-electron chi connectivity index (χ3n) is 3.53. The molecule has 4 nitrogen and oxygen atoms in total. The van der Waals surface area contributed by atoms with Crippen molar-refractivity contribution >= 4 is 11.9 Å². The molecular weight excluding hydrogens is 297 g/mol. The molecule has 2 aromatic carbocycles. The molecule has 0 bridgehead atoms. The Morgan fingerprint density at radius 2 is 1.70 bits per heavy atom. The lowest BCUT2D eigenvalue weighted by molar-refractivity contribution is -0.141. The normalized spacial score (nSPS) is 11.7. The number of carboxylic acids is 1. The number of aliphatic carboxylic acids is 1. The van der Waals surface area contributed by atoms with Gasteiger partial charge < -0.3 is 10.4 Å². The van der Waals surface area contributed by atoms with Crippen LogP contribution in [0.1, 0.15) is 11.1 Å². The van der Waals surface area contributed by atoms with Crippen LogP contribution in [0.25, 0.3) is 0 Å². The molecule has 0 aliphatic heterocycles. The van der Waals surface area contributed by atoms with Crippen LogP contribution in [0.5, 0.6) is 0 Å². The highest BCUT2D eigenvalue weighted by Gasteiger charge is 2.19. The van der Waals surface area contributed by atoms with Crippen LogP contribution >= 0.6 is 0 Å². The van der Waals surface area contributed by atoms with Gasteiger partial charge in [0.1, 0.15) is 5.82 Å². The predicted octanol–water partition coefficient (Wildman–Crippen LogP) is 2.43. The minimum Gasteiger partial charge on any atom is -0.481 e. The second-order valence-electron chi connectivity index (χ2n) is 5.30. The van der Waals surface area contributed by atoms with E-state index in [1.807, 2.05) is 30.3 Å². The molecule has 0 heterocycles. The van der Waals surface area contributed by atoms with Crippen LogP contribution in [0.2, 0.25) is 0 Å². The van der Waals surface area contributed by atoms with Crippen molar-refractivity contribution in [1.82, 2.24) is 5.32 Å². The van der Waals surface area contributed by atoms with Crippen molar-refractivity contribution in [1.29, 1.82) is 0 Å². The molecule has 2 rings (SSSR count). The van der Waals surface area contributed by atoms with Crippen molar-refractivity contribution in [2.75, 3.05) is 6.54 Å². The zero-order valence-corrected chi connectivity index (χ0v) is 12.5. The Balaban J connectivity index is 1.90. The lowest BCUT2D eigenvalue weighted by Gasteiger charge is -2.13. The maximum atomic E-state index is 13.5. The van der Waals surface area contributed by atoms with Crippen LogP contribution in [0.3, 0.4) is 0 Å². The standard InChI is InChI=1S/C18H18FNO3/c19-16-9-5-4-8-14(16)11-17(21)20-12-15(18(22)23)10-13-6-2-1-3-7-13/h1-9,15H,10-12H2,(H,20,21)(H,22,23)/t15-/m0/s1. The van der Waals surface area contributed by atoms with E-state index in [9.17, 15) is 19.1 Å². The Bertz CT molecular complexity index is 673. The van der Waals surface area contributed by atoms with Crippen LogP contribution in [0, 0.1) is 11.7 Å². The molecule has 0 unspecified atom stereocenters. The topological polar surface area (TPSA) is 66.4 Å². The lowest BCUT2D eigenvalue weighted by atomic mass is 9.99. The van der Waals surface area contributed by atoms with Gasteiger partial charge in [-0.1, -0.05) is 48.5 Å². The van der Waals surface area contributed by atoms with Gasteiger partial charge in [0.05, 0.1) is 12.3 Å². The van der Waals surface area contributed by atoms with E-state index in [1.54, 1.807) is 12.1 Å². The van der Waals surface area contributed by atoms with Crippen LogP contribution in [0.15, 0.2) is 54.6 Å². The number of halogens is 1. The van der Waals surface area contributed by atoms with Gasteiger partial charge in [0.2, 0.25) is 5.91 Å². The molecule has 0 spiro atoms. The number of carbonyl (C=O) groups excluding carboxylic acids is 1. The summed E-state index contributed by atoms with van der Waals surface area (Å²) in [6.45, 7) is 0.0114. The molecule has 0 aliphatic rings. The number of nitrogens with one attached hydrogen (secondary N) is 1. The molecule has 0 fully saturated rings. The third kappa shape index (κ3) is 5.21. The Hall–Kier alpha value is -2.69. The van der Waals surface area contributed by atoms with Crippen molar-refractivity contribution in [3.63, 3.8) is 0 Å². The summed E-state index contributed by atoms with van der Waals surface area (Å²) in [4.78, 5) is 23.2. The minimum absolute atomic E-state index is 0.0114. The molecule has 120 valence electrons. The fraction of sp³-hybridized carbons (Fsp3) is 0.222. The number of benzene rings is 2. The second kappa shape index (κ2) is 8.08. The Morgan fingerprint density at radius 1 is 1.04 bits per heavy atom. The van der Waals surface area contributed by atoms with Gasteiger partial charge in [-0.2, -0.15) is 0 Å². The first-order valence-electron chi connectivity index (χ1n) is 7.33. The van der Waals surface area contributed by atoms with Gasteiger partial charge in [-0.15, -0.1) is 0 Å². The van der Waals surface area contributed by atoms with E-state index in [0.29, 0.717) is 12.0 Å². The van der Waals surface area contributed by atoms with Gasteiger partial charge in [-0.3, -0.25) is 9.59 Å². The van der Waals surface area contributed by atoms with E-state index < -0.39 is 23.6 Å². The van der Waals surface area contributed by atoms with Gasteiger partial charge in [0.15, 0.2) is 0 Å². The molecular formula is C18H18FNO3. The largest absolute Gasteiger partial charge is 0.481 e. The number of rotatable bonds is 7. The SMILES string of the molecule is O=C(Cc1ccccc1F)NC[C@H](Cc1ccccc1)C(=O)O. The summed E-state index contributed by atoms with van der Waals surface area (Å²) in [5.74, 6) is -2.53. The average molecular weight is 315 g/mol. The number of carboxylic acid groups (broad SMARTS) is 1. The summed E-state index contributed by atoms with van der Waals surface area (Å²) >= 11 is 0. The van der Waals surface area contributed by atoms with Crippen molar-refractivity contribution in [3.8, 4) is 0 Å². The second-order valence-corrected chi connectivity index (χ2v) is 5.30. The number of hydrogen-bond acceptors (Lipinski definition) is 2. The molecule has 1 atom stereocenters. The third-order valence-corrected chi connectivity index (χ3v) is 3.53. The monoisotopic (exact) mass is 315 g/mol. The maximum Gasteiger partial charge on any atom is 0.308 e. The van der Waals surface area contributed by atoms with E-state index in [2.05, 4.69) is 5.32 Å². The summed E-state index contributed by atoms with van der Waals surface area (Å²) in [7, 11) is 0. The van der Waals surface area contributed by atoms with Crippen molar-refractivity contribution in [3.05, 3.63) is 71.5 Å². The van der Waals surface area contributed by atoms with Gasteiger partial charge >= 0.3 is 5.97 Å². The maximum absolute atomic E-state index is 13.5. The number of hydrogen-bond donors (Lipinski definition) is 2. The first-order chi connectivity index (χ1) is 11.1. The molecule has 2 aromatic rings. The minimum atomic E-state index is -0.972. The van der Waals surface area contributed by atoms with Gasteiger partial charge in [0, 0.05) is 6.54 Å². The van der Waals surface area contributed by atoms with Crippen molar-refractivity contribution in [2.24, 2.45) is 5.92 Å². The molecule has 0 saturated heterocycles. The van der Waals surface area contributed by atoms with Crippen molar-refractivity contribution < 1.29 is 19.1 Å². The van der Waals surface area contributed by atoms with E-state index in [1.165, 1.54) is 12.1 Å². The first-order valence-corrected chi connectivity index (χ1v) is 7.33. The van der Waals surface area contributed by atoms with E-state index in [4.69, 9.17) is 0 Å². The summed E-state index contributed by atoms with van der Waals surface area (Å²) in [5, 5.41) is 11.8. The quantitative estimate of drug-likeness (QED) is 0.824. The Morgan fingerprint density at radius 3 is 2.35 bits per heavy atom. The molecule has 0 aliphatic carbocycles. The van der Waals surface area contributed by atoms with Crippen LogP contribution in [0.4, 0.5) is 4.39 Å². The van der Waals surface area contributed by atoms with Crippen molar-refractivity contribution in [2.45, 2.75) is 12.8 Å². The highest BCUT2D eigenvalue weighted by Crippen LogP contribution is 2.10. The molecule has 0 aromatic heterocycles. The molecule has 1 amide bonds. The predicted molar refractivity (Wildman–Crippen MR) is 84.4 cm³/mol. The zero-order valence-electron chi connectivity index (χ0n) is 12.5. The highest BCUT2D eigenvalue weighted by molar-refractivity contribution is 5.79. The van der Waals surface area contributed by atoms with Gasteiger partial charge in [-0.25, -0.2) is 4.39 Å². The highest BCUT2D eigenvalue weighted by atomic mass is 19.1. The zero-order chi connectivity index (χ0) is 16.7. The lowest BCUT2D eigenvalue weighted by Crippen LogP contribution is -2.35. The molecule has 2 N–H and O–H groups in total. The summed E-state index contributed by atoms with van der Waals surface area (Å²) in [6.07, 6.45) is 0.223. The first kappa shape index (κ1) is 16.7. The number of carbonyl (C=O) groups is 2. The van der Waals surface area contributed by atoms with E-state index in [0.717, 1.165) is 5.56 Å². The number of amides is 1. The van der Waals surface area contributed by atoms with Gasteiger partial charge in [-0.05, 0) is 23.6 Å². The fourth-order valence-electron chi connectivity index (χ4n) is 2.26. The molecule has 0 saturated carbocycles. The summed E-state index contributed by atoms with van der Waals surface area (Å²) in [6, 6.07) is 15.3. The fourth-order valence-corrected chi connectivity index (χ4v) is 2.26. The average Bonchev–Trinajstić information content (AvgIpc) is 2.54. The molecule has 0 radical (unpaired) electrons. The summed E-state index contributed by atoms with van der Waals surface area (Å²) in [5.41, 5.74) is 1.18. The molecule has 23 heavy (non-hydrogen) atoms. The smallest absolute Gasteiger partial charge is 0.308 e. The van der Waals surface area contributed by atoms with Gasteiger partial charge in [0.25, 0.3) is 0 Å². The molecule has 5 heteroatoms. The summed E-state index contributed by atoms with van der Waals surface area (Å²) < 4.78 is 13.5. The van der Waals surface area contributed by atoms with Crippen LogP contribution in [-0.4, -0.2) is 23.5 Å². The van der Waals surface area contributed by atoms with E-state index >= 15 is 0 Å². The van der Waals surface area contributed by atoms with E-state index in [-0.39, 0.29) is 13.0 Å². The van der Waals surface area contributed by atoms with Crippen LogP contribution < -0.4 is 5.32 Å². The van der Waals surface area contributed by atoms with Crippen LogP contribution in [-0.2, 0) is 22.4 Å². The Kier molecular flexibility index (Phi) is 5.86. The Labute approximate surface area is 134 Å².